The predicted molar refractivity (Wildman–Crippen MR) is 150 cm³/mol. The summed E-state index contributed by atoms with van der Waals surface area (Å²) in [7, 11) is 3.21. The van der Waals surface area contributed by atoms with Crippen LogP contribution in [-0.2, 0) is 14.3 Å². The van der Waals surface area contributed by atoms with Gasteiger partial charge in [-0.3, -0.25) is 9.59 Å². The first kappa shape index (κ1) is 32.1. The highest BCUT2D eigenvalue weighted by Crippen LogP contribution is 2.27. The number of amides is 2. The molecule has 0 aliphatic heterocycles. The van der Waals surface area contributed by atoms with E-state index in [4.69, 9.17) is 4.74 Å². The standard InChI is InChI=1S/C25H33N3O4.C4H8/c1-9-17(4)19(6)22(32-8)14-28(7)23(30)11-10-20-12-21(24(31)18(5)16(2)3)25(26-13-20)27-15-29;1-3-4-2/h9-13,15-16,31H,1,4,14H2,2-3,5-8H3,(H,26,27,29);3-4H,1-2H3/b11-10+,22-19-,24-18-;4-3-. The van der Waals surface area contributed by atoms with Gasteiger partial charge in [0.1, 0.15) is 17.3 Å². The zero-order valence-corrected chi connectivity index (χ0v) is 22.9. The maximum atomic E-state index is 12.6. The zero-order chi connectivity index (χ0) is 27.8. The summed E-state index contributed by atoms with van der Waals surface area (Å²) in [6, 6.07) is 1.67. The average molecular weight is 496 g/mol. The second-order valence-electron chi connectivity index (χ2n) is 8.29. The van der Waals surface area contributed by atoms with Crippen molar-refractivity contribution in [3.05, 3.63) is 83.3 Å². The maximum Gasteiger partial charge on any atom is 0.246 e. The number of hydrogen-bond donors (Lipinski definition) is 2. The van der Waals surface area contributed by atoms with Crippen LogP contribution >= 0.6 is 0 Å². The minimum Gasteiger partial charge on any atom is -0.507 e. The number of aromatic nitrogens is 1. The second-order valence-corrected chi connectivity index (χ2v) is 8.29. The molecular formula is C29H41N3O4. The van der Waals surface area contributed by atoms with Gasteiger partial charge in [-0.2, -0.15) is 0 Å². The number of methoxy groups -OCH3 is 1. The van der Waals surface area contributed by atoms with Gasteiger partial charge in [-0.25, -0.2) is 4.98 Å². The number of anilines is 1. The minimum atomic E-state index is -0.244. The fraction of sp³-hybridized carbons (Fsp3) is 0.345. The molecule has 2 amide bonds. The summed E-state index contributed by atoms with van der Waals surface area (Å²) in [6.07, 6.45) is 10.7. The van der Waals surface area contributed by atoms with Crippen LogP contribution in [0.3, 0.4) is 0 Å². The highest BCUT2D eigenvalue weighted by molar-refractivity contribution is 5.92. The van der Waals surface area contributed by atoms with E-state index in [0.29, 0.717) is 23.3 Å². The lowest BCUT2D eigenvalue weighted by Crippen LogP contribution is -2.28. The van der Waals surface area contributed by atoms with Gasteiger partial charge in [-0.05, 0) is 68.0 Å². The molecule has 7 nitrogen and oxygen atoms in total. The number of rotatable bonds is 11. The van der Waals surface area contributed by atoms with Crippen LogP contribution in [0.1, 0.15) is 52.7 Å². The van der Waals surface area contributed by atoms with Gasteiger partial charge < -0.3 is 20.1 Å². The van der Waals surface area contributed by atoms with Crippen molar-refractivity contribution in [1.82, 2.24) is 9.88 Å². The Morgan fingerprint density at radius 3 is 2.36 bits per heavy atom. The van der Waals surface area contributed by atoms with Crippen molar-refractivity contribution in [2.45, 2.75) is 41.5 Å². The third-order valence-corrected chi connectivity index (χ3v) is 5.50. The normalized spacial score (nSPS) is 12.4. The number of likely N-dealkylation sites (N-methyl/N-ethyl adjacent to an activating group) is 1. The smallest absolute Gasteiger partial charge is 0.246 e. The number of allylic oxidation sites excluding steroid dienone is 6. The van der Waals surface area contributed by atoms with Crippen LogP contribution in [-0.4, -0.2) is 48.0 Å². The first-order valence-electron chi connectivity index (χ1n) is 11.6. The van der Waals surface area contributed by atoms with E-state index in [1.54, 1.807) is 32.4 Å². The van der Waals surface area contributed by atoms with E-state index in [-0.39, 0.29) is 29.9 Å². The topological polar surface area (TPSA) is 91.8 Å². The Balaban J connectivity index is 0.00000283. The number of ether oxygens (including phenoxy) is 1. The van der Waals surface area contributed by atoms with E-state index in [0.717, 1.165) is 16.7 Å². The first-order valence-corrected chi connectivity index (χ1v) is 11.6. The van der Waals surface area contributed by atoms with Gasteiger partial charge in [0, 0.05) is 19.3 Å². The molecule has 0 aliphatic carbocycles. The molecule has 0 radical (unpaired) electrons. The van der Waals surface area contributed by atoms with E-state index in [9.17, 15) is 14.7 Å². The molecule has 1 rings (SSSR count). The quantitative estimate of drug-likeness (QED) is 0.123. The van der Waals surface area contributed by atoms with E-state index in [1.807, 2.05) is 53.7 Å². The largest absolute Gasteiger partial charge is 0.507 e. The summed E-state index contributed by atoms with van der Waals surface area (Å²) in [5.74, 6) is 0.768. The Morgan fingerprint density at radius 2 is 1.89 bits per heavy atom. The number of hydrogen-bond acceptors (Lipinski definition) is 5. The predicted octanol–water partition coefficient (Wildman–Crippen LogP) is 6.31. The van der Waals surface area contributed by atoms with Gasteiger partial charge in [-0.1, -0.05) is 45.2 Å². The number of carbonyl (C=O) groups excluding carboxylic acids is 2. The lowest BCUT2D eigenvalue weighted by atomic mass is 9.99. The lowest BCUT2D eigenvalue weighted by molar-refractivity contribution is -0.124. The fourth-order valence-corrected chi connectivity index (χ4v) is 2.67. The van der Waals surface area contributed by atoms with Gasteiger partial charge in [0.05, 0.1) is 19.2 Å². The Bertz CT molecular complexity index is 1040. The summed E-state index contributed by atoms with van der Waals surface area (Å²) < 4.78 is 5.41. The zero-order valence-electron chi connectivity index (χ0n) is 22.9. The maximum absolute atomic E-state index is 12.6. The molecule has 196 valence electrons. The molecule has 0 bridgehead atoms. The van der Waals surface area contributed by atoms with Crippen molar-refractivity contribution in [2.24, 2.45) is 5.92 Å². The number of nitrogens with one attached hydrogen (secondary N) is 1. The Labute approximate surface area is 216 Å². The molecule has 0 spiro atoms. The lowest BCUT2D eigenvalue weighted by Gasteiger charge is -2.19. The molecular weight excluding hydrogens is 454 g/mol. The van der Waals surface area contributed by atoms with Crippen molar-refractivity contribution in [1.29, 1.82) is 0 Å². The average Bonchev–Trinajstić information content (AvgIpc) is 2.88. The second kappa shape index (κ2) is 16.7. The van der Waals surface area contributed by atoms with E-state index < -0.39 is 0 Å². The van der Waals surface area contributed by atoms with Crippen LogP contribution in [0.4, 0.5) is 5.82 Å². The molecule has 0 saturated heterocycles. The van der Waals surface area contributed by atoms with Gasteiger partial charge in [0.15, 0.2) is 0 Å². The monoisotopic (exact) mass is 495 g/mol. The number of pyridine rings is 1. The molecule has 0 aromatic carbocycles. The van der Waals surface area contributed by atoms with Gasteiger partial charge in [0.2, 0.25) is 12.3 Å². The molecule has 0 unspecified atom stereocenters. The van der Waals surface area contributed by atoms with Crippen molar-refractivity contribution < 1.29 is 19.4 Å². The van der Waals surface area contributed by atoms with Crippen molar-refractivity contribution >= 4 is 30.0 Å². The van der Waals surface area contributed by atoms with E-state index in [2.05, 4.69) is 23.5 Å². The molecule has 0 aliphatic rings. The molecule has 36 heavy (non-hydrogen) atoms. The number of aliphatic hydroxyl groups excluding tert-OH is 1. The summed E-state index contributed by atoms with van der Waals surface area (Å²) in [5, 5.41) is 13.1. The molecule has 1 heterocycles. The van der Waals surface area contributed by atoms with E-state index >= 15 is 0 Å². The van der Waals surface area contributed by atoms with Crippen LogP contribution in [0.15, 0.2) is 72.2 Å². The molecule has 1 aromatic rings. The molecule has 1 aromatic heterocycles. The Morgan fingerprint density at radius 1 is 1.28 bits per heavy atom. The number of nitrogens with zero attached hydrogens (tertiary/aromatic N) is 2. The van der Waals surface area contributed by atoms with Crippen LogP contribution in [0.25, 0.3) is 11.8 Å². The third kappa shape index (κ3) is 10.2. The molecule has 7 heteroatoms. The SMILES string of the molecule is C/C=C\C.C=CC(=C)/C(C)=C(/CN(C)C(=O)/C=C/c1cnc(NC=O)c(/C(O)=C(\C)C(C)C)c1)OC. The summed E-state index contributed by atoms with van der Waals surface area (Å²) in [6.45, 7) is 19.5. The highest BCUT2D eigenvalue weighted by atomic mass is 16.5. The summed E-state index contributed by atoms with van der Waals surface area (Å²) in [5.41, 5.74) is 3.29. The van der Waals surface area contributed by atoms with E-state index in [1.165, 1.54) is 17.2 Å². The molecule has 0 atom stereocenters. The highest BCUT2D eigenvalue weighted by Gasteiger charge is 2.15. The summed E-state index contributed by atoms with van der Waals surface area (Å²) in [4.78, 5) is 29.2. The third-order valence-electron chi connectivity index (χ3n) is 5.50. The minimum absolute atomic E-state index is 0.0448. The van der Waals surface area contributed by atoms with Crippen LogP contribution < -0.4 is 5.32 Å². The number of carbonyl (C=O) groups is 2. The van der Waals surface area contributed by atoms with Crippen molar-refractivity contribution in [2.75, 3.05) is 26.0 Å². The van der Waals surface area contributed by atoms with Crippen molar-refractivity contribution in [3.63, 3.8) is 0 Å². The number of aliphatic hydroxyl groups is 1. The van der Waals surface area contributed by atoms with Crippen LogP contribution in [0, 0.1) is 5.92 Å². The van der Waals surface area contributed by atoms with Gasteiger partial charge in [-0.15, -0.1) is 0 Å². The van der Waals surface area contributed by atoms with Crippen LogP contribution in [0.5, 0.6) is 0 Å². The molecule has 0 saturated carbocycles. The van der Waals surface area contributed by atoms with Crippen LogP contribution in [0.2, 0.25) is 0 Å². The summed E-state index contributed by atoms with van der Waals surface area (Å²) >= 11 is 0. The van der Waals surface area contributed by atoms with Gasteiger partial charge in [0.25, 0.3) is 0 Å². The first-order chi connectivity index (χ1) is 17.0. The fourth-order valence-electron chi connectivity index (χ4n) is 2.67. The Kier molecular flexibility index (Phi) is 14.9. The van der Waals surface area contributed by atoms with Gasteiger partial charge >= 0.3 is 0 Å². The Hall–Kier alpha value is -3.87. The van der Waals surface area contributed by atoms with Crippen molar-refractivity contribution in [3.8, 4) is 0 Å². The molecule has 0 fully saturated rings. The molecule has 2 N–H and O–H groups in total.